The van der Waals surface area contributed by atoms with Crippen molar-refractivity contribution in [1.29, 1.82) is 0 Å². The number of hydrogen-bond acceptors (Lipinski definition) is 7. The summed E-state index contributed by atoms with van der Waals surface area (Å²) in [6.45, 7) is -0.437. The predicted octanol–water partition coefficient (Wildman–Crippen LogP) is 3.13. The van der Waals surface area contributed by atoms with Crippen LogP contribution in [0.3, 0.4) is 0 Å². The number of carboxylic acid groups (broad SMARTS) is 1. The van der Waals surface area contributed by atoms with Gasteiger partial charge in [0.05, 0.1) is 0 Å². The van der Waals surface area contributed by atoms with Crippen molar-refractivity contribution in [1.82, 2.24) is 4.98 Å². The summed E-state index contributed by atoms with van der Waals surface area (Å²) < 4.78 is 48.7. The number of aromatic nitrogens is 1. The van der Waals surface area contributed by atoms with E-state index in [-0.39, 0.29) is 34.8 Å². The number of aliphatic imine (C=N–C) groups is 1. The Morgan fingerprint density at radius 3 is 2.73 bits per heavy atom. The van der Waals surface area contributed by atoms with Gasteiger partial charge in [-0.3, -0.25) is 14.6 Å². The third-order valence-electron chi connectivity index (χ3n) is 4.07. The highest BCUT2D eigenvalue weighted by Gasteiger charge is 2.54. The van der Waals surface area contributed by atoms with Gasteiger partial charge in [0.15, 0.2) is 10.0 Å². The number of alkyl halides is 2. The van der Waals surface area contributed by atoms with Crippen LogP contribution in [0.25, 0.3) is 0 Å². The topological polar surface area (TPSA) is 127 Å². The number of amides is 1. The Morgan fingerprint density at radius 1 is 1.47 bits per heavy atom. The number of anilines is 1. The Morgan fingerprint density at radius 2 is 2.13 bits per heavy atom. The molecule has 0 aliphatic carbocycles. The van der Waals surface area contributed by atoms with Gasteiger partial charge in [0, 0.05) is 16.6 Å². The minimum Gasteiger partial charge on any atom is -0.483 e. The first-order valence-corrected chi connectivity index (χ1v) is 9.40. The van der Waals surface area contributed by atoms with Crippen molar-refractivity contribution in [3.8, 4) is 0 Å². The molecule has 0 unspecified atom stereocenters. The molecule has 0 fully saturated rings. The monoisotopic (exact) mass is 464 g/mol. The molecule has 2 aromatic rings. The molecule has 1 atom stereocenters. The fourth-order valence-electron chi connectivity index (χ4n) is 2.61. The van der Waals surface area contributed by atoms with Crippen molar-refractivity contribution in [3.05, 3.63) is 45.1 Å². The molecule has 0 radical (unpaired) electrons. The highest BCUT2D eigenvalue weighted by Crippen LogP contribution is 2.44. The fourth-order valence-corrected chi connectivity index (χ4v) is 3.35. The molecule has 2 heterocycles. The molecule has 3 rings (SSSR count). The molecular weight excluding hydrogens is 449 g/mol. The van der Waals surface area contributed by atoms with Gasteiger partial charge >= 0.3 is 0 Å². The molecule has 1 aliphatic heterocycles. The lowest BCUT2D eigenvalue weighted by molar-refractivity contribution is -0.122. The molecule has 162 valence electrons. The minimum atomic E-state index is -3.53. The van der Waals surface area contributed by atoms with E-state index >= 15 is 0 Å². The van der Waals surface area contributed by atoms with Crippen LogP contribution in [0.15, 0.2) is 28.6 Å². The summed E-state index contributed by atoms with van der Waals surface area (Å²) in [5.41, 5.74) is 3.02. The molecule has 1 amide bonds. The van der Waals surface area contributed by atoms with E-state index in [0.717, 1.165) is 30.4 Å². The number of nitrogens with one attached hydrogen (secondary N) is 1. The highest BCUT2D eigenvalue weighted by molar-refractivity contribution is 7.14. The fraction of sp³-hybridized carbons (Fsp3) is 0.294. The maximum Gasteiger partial charge on any atom is 0.299 e. The number of nitrogens with two attached hydrogens (primary N) is 1. The number of thiazole rings is 1. The summed E-state index contributed by atoms with van der Waals surface area (Å²) in [4.78, 5) is 28.2. The first-order chi connectivity index (χ1) is 14.0. The van der Waals surface area contributed by atoms with Crippen molar-refractivity contribution in [3.63, 3.8) is 0 Å². The van der Waals surface area contributed by atoms with Gasteiger partial charge in [-0.15, -0.1) is 11.3 Å². The van der Waals surface area contributed by atoms with Gasteiger partial charge in [-0.1, -0.05) is 11.6 Å². The van der Waals surface area contributed by atoms with Crippen molar-refractivity contribution in [2.45, 2.75) is 18.4 Å². The van der Waals surface area contributed by atoms with Gasteiger partial charge in [-0.25, -0.2) is 18.2 Å². The summed E-state index contributed by atoms with van der Waals surface area (Å²) in [7, 11) is 0. The van der Waals surface area contributed by atoms with Crippen molar-refractivity contribution in [2.24, 2.45) is 10.7 Å². The molecule has 13 heteroatoms. The summed E-state index contributed by atoms with van der Waals surface area (Å²) in [5.74, 6) is -5.23. The zero-order valence-corrected chi connectivity index (χ0v) is 16.9. The van der Waals surface area contributed by atoms with Crippen LogP contribution in [0.2, 0.25) is 4.47 Å². The number of halogens is 4. The molecule has 0 spiro atoms. The number of benzene rings is 1. The van der Waals surface area contributed by atoms with Crippen molar-refractivity contribution >= 4 is 46.8 Å². The van der Waals surface area contributed by atoms with Crippen LogP contribution in [0, 0.1) is 5.82 Å². The second-order valence-corrected chi connectivity index (χ2v) is 7.55. The van der Waals surface area contributed by atoms with Gasteiger partial charge in [0.1, 0.15) is 30.6 Å². The Labute approximate surface area is 177 Å². The number of carbonyl (C=O) groups excluding carboxylic acids is 1. The molecule has 4 N–H and O–H groups in total. The van der Waals surface area contributed by atoms with Gasteiger partial charge in [-0.2, -0.15) is 0 Å². The van der Waals surface area contributed by atoms with E-state index in [0.29, 0.717) is 0 Å². The lowest BCUT2D eigenvalue weighted by Crippen LogP contribution is -2.45. The van der Waals surface area contributed by atoms with Gasteiger partial charge in [0.2, 0.25) is 0 Å². The molecule has 0 bridgehead atoms. The summed E-state index contributed by atoms with van der Waals surface area (Å²) in [6.07, 6.45) is 0. The second kappa shape index (κ2) is 9.41. The third kappa shape index (κ3) is 5.07. The van der Waals surface area contributed by atoms with Crippen molar-refractivity contribution < 1.29 is 32.6 Å². The van der Waals surface area contributed by atoms with Crippen LogP contribution in [0.5, 0.6) is 0 Å². The van der Waals surface area contributed by atoms with Crippen LogP contribution in [0.4, 0.5) is 18.9 Å². The van der Waals surface area contributed by atoms with Gasteiger partial charge < -0.3 is 20.9 Å². The third-order valence-corrected chi connectivity index (χ3v) is 5.05. The quantitative estimate of drug-likeness (QED) is 0.599. The SMILES string of the molecule is C[C@]1(c2cc(NC(=O)c3csc(Cl)n3)ccc2F)N=C(N)COCC1(F)F.O=CO. The smallest absolute Gasteiger partial charge is 0.299 e. The molecule has 1 aromatic carbocycles. The van der Waals surface area contributed by atoms with E-state index in [1.165, 1.54) is 11.4 Å². The summed E-state index contributed by atoms with van der Waals surface area (Å²) >= 11 is 6.75. The summed E-state index contributed by atoms with van der Waals surface area (Å²) in [5, 5.41) is 10.8. The number of ether oxygens (including phenoxy) is 1. The van der Waals surface area contributed by atoms with E-state index in [1.807, 2.05) is 0 Å². The molecule has 30 heavy (non-hydrogen) atoms. The largest absolute Gasteiger partial charge is 0.483 e. The minimum absolute atomic E-state index is 0.0533. The number of carbonyl (C=O) groups is 2. The molecule has 1 aromatic heterocycles. The van der Waals surface area contributed by atoms with Crippen LogP contribution in [-0.4, -0.2) is 47.4 Å². The Bertz CT molecular complexity index is 972. The van der Waals surface area contributed by atoms with E-state index < -0.39 is 35.4 Å². The second-order valence-electron chi connectivity index (χ2n) is 6.11. The van der Waals surface area contributed by atoms with Crippen LogP contribution in [0.1, 0.15) is 23.0 Å². The maximum absolute atomic E-state index is 14.6. The number of nitrogens with zero attached hydrogens (tertiary/aromatic N) is 2. The molecule has 0 saturated heterocycles. The van der Waals surface area contributed by atoms with Crippen LogP contribution in [-0.2, 0) is 15.1 Å². The summed E-state index contributed by atoms with van der Waals surface area (Å²) in [6, 6.07) is 3.31. The molecule has 0 saturated carbocycles. The predicted molar refractivity (Wildman–Crippen MR) is 105 cm³/mol. The zero-order chi connectivity index (χ0) is 22.5. The van der Waals surface area contributed by atoms with E-state index in [9.17, 15) is 18.0 Å². The first-order valence-electron chi connectivity index (χ1n) is 8.14. The van der Waals surface area contributed by atoms with Gasteiger partial charge in [0.25, 0.3) is 18.3 Å². The standard InChI is InChI=1S/C16H14ClF3N4O2S.CH2O2/c1-15(16(19,20)7-26-5-12(21)24-15)9-4-8(2-3-10(9)18)22-13(25)11-6-27-14(17)23-11;2-1-3/h2-4,6H,5,7H2,1H3,(H2,21,24)(H,22,25);1H,(H,2,3)/t15-;/m1./s1. The van der Waals surface area contributed by atoms with Gasteiger partial charge in [-0.05, 0) is 25.1 Å². The Kier molecular flexibility index (Phi) is 7.39. The first kappa shape index (κ1) is 23.6. The lowest BCUT2D eigenvalue weighted by Gasteiger charge is -2.33. The Hall–Kier alpha value is -2.70. The number of amidine groups is 1. The zero-order valence-electron chi connectivity index (χ0n) is 15.4. The van der Waals surface area contributed by atoms with Crippen LogP contribution < -0.4 is 11.1 Å². The van der Waals surface area contributed by atoms with Crippen molar-refractivity contribution in [2.75, 3.05) is 18.5 Å². The highest BCUT2D eigenvalue weighted by atomic mass is 35.5. The average Bonchev–Trinajstić information content (AvgIpc) is 3.06. The van der Waals surface area contributed by atoms with Crippen LogP contribution >= 0.6 is 22.9 Å². The molecular formula is C17H16ClF3N4O4S. The number of rotatable bonds is 3. The number of hydrogen-bond donors (Lipinski definition) is 3. The Balaban J connectivity index is 0.00000101. The van der Waals surface area contributed by atoms with E-state index in [2.05, 4.69) is 15.3 Å². The maximum atomic E-state index is 14.6. The lowest BCUT2D eigenvalue weighted by atomic mass is 9.85. The molecule has 1 aliphatic rings. The average molecular weight is 465 g/mol. The van der Waals surface area contributed by atoms with E-state index in [4.69, 9.17) is 32.0 Å². The normalized spacial score (nSPS) is 20.2. The molecule has 8 nitrogen and oxygen atoms in total. The van der Waals surface area contributed by atoms with E-state index in [1.54, 1.807) is 0 Å².